The first kappa shape index (κ1) is 17.2. The van der Waals surface area contributed by atoms with Gasteiger partial charge < -0.3 is 9.73 Å². The molecule has 2 N–H and O–H groups in total. The third kappa shape index (κ3) is 6.21. The van der Waals surface area contributed by atoms with E-state index in [1.54, 1.807) is 12.1 Å². The van der Waals surface area contributed by atoms with Gasteiger partial charge in [0.25, 0.3) is 0 Å². The lowest BCUT2D eigenvalue weighted by Crippen LogP contribution is -2.34. The molecule has 2 aromatic rings. The number of amides is 1. The molecule has 1 heterocycles. The van der Waals surface area contributed by atoms with Gasteiger partial charge in [0, 0.05) is 6.54 Å². The summed E-state index contributed by atoms with van der Waals surface area (Å²) in [5, 5.41) is 2.52. The first-order valence-corrected chi connectivity index (χ1v) is 8.61. The zero-order valence-electron chi connectivity index (χ0n) is 12.3. The Bertz CT molecular complexity index is 727. The Morgan fingerprint density at radius 1 is 1.17 bits per heavy atom. The topological polar surface area (TPSA) is 88.4 Å². The third-order valence-electron chi connectivity index (χ3n) is 3.02. The van der Waals surface area contributed by atoms with E-state index in [1.165, 1.54) is 30.5 Å². The van der Waals surface area contributed by atoms with Gasteiger partial charge in [-0.05, 0) is 29.8 Å². The molecule has 0 bridgehead atoms. The van der Waals surface area contributed by atoms with Gasteiger partial charge in [-0.3, -0.25) is 4.79 Å². The van der Waals surface area contributed by atoms with Gasteiger partial charge in [-0.1, -0.05) is 12.1 Å². The fourth-order valence-electron chi connectivity index (χ4n) is 1.84. The van der Waals surface area contributed by atoms with Crippen molar-refractivity contribution in [1.29, 1.82) is 0 Å². The summed E-state index contributed by atoms with van der Waals surface area (Å²) >= 11 is 0. The second-order valence-electron chi connectivity index (χ2n) is 4.87. The first-order valence-electron chi connectivity index (χ1n) is 6.95. The number of halogens is 1. The fraction of sp³-hybridized carbons (Fsp3) is 0.267. The molecule has 0 saturated carbocycles. The SMILES string of the molecule is O=C(Cc1ccc(F)cc1)NCCS(=O)(=O)NCc1ccco1. The number of nitrogens with one attached hydrogen (secondary N) is 2. The summed E-state index contributed by atoms with van der Waals surface area (Å²) in [5.74, 6) is -0.419. The van der Waals surface area contributed by atoms with Crippen molar-refractivity contribution in [2.45, 2.75) is 13.0 Å². The maximum Gasteiger partial charge on any atom is 0.224 e. The smallest absolute Gasteiger partial charge is 0.224 e. The van der Waals surface area contributed by atoms with Crippen LogP contribution >= 0.6 is 0 Å². The van der Waals surface area contributed by atoms with Crippen LogP contribution in [0.25, 0.3) is 0 Å². The molecule has 23 heavy (non-hydrogen) atoms. The van der Waals surface area contributed by atoms with E-state index >= 15 is 0 Å². The zero-order chi connectivity index (χ0) is 16.7. The van der Waals surface area contributed by atoms with E-state index in [-0.39, 0.29) is 37.0 Å². The Kier molecular flexibility index (Phi) is 5.89. The lowest BCUT2D eigenvalue weighted by Gasteiger charge is -2.07. The molecule has 2 rings (SSSR count). The van der Waals surface area contributed by atoms with Crippen molar-refractivity contribution < 1.29 is 22.0 Å². The predicted octanol–water partition coefficient (Wildman–Crippen LogP) is 1.20. The molecule has 0 aliphatic carbocycles. The van der Waals surface area contributed by atoms with Crippen molar-refractivity contribution in [3.63, 3.8) is 0 Å². The Balaban J connectivity index is 1.70. The summed E-state index contributed by atoms with van der Waals surface area (Å²) in [7, 11) is -3.51. The predicted molar refractivity (Wildman–Crippen MR) is 82.4 cm³/mol. The average Bonchev–Trinajstić information content (AvgIpc) is 3.01. The standard InChI is InChI=1S/C15H17FN2O4S/c16-13-5-3-12(4-6-13)10-15(19)17-7-9-23(20,21)18-11-14-2-1-8-22-14/h1-6,8,18H,7,9-11H2,(H,17,19). The van der Waals surface area contributed by atoms with Crippen LogP contribution in [0.15, 0.2) is 47.1 Å². The van der Waals surface area contributed by atoms with E-state index in [9.17, 15) is 17.6 Å². The second-order valence-corrected chi connectivity index (χ2v) is 6.80. The molecule has 124 valence electrons. The second kappa shape index (κ2) is 7.89. The molecule has 0 saturated heterocycles. The number of carbonyl (C=O) groups is 1. The minimum absolute atomic E-state index is 0.00643. The molecule has 0 aliphatic heterocycles. The van der Waals surface area contributed by atoms with Gasteiger partial charge in [0.15, 0.2) is 0 Å². The van der Waals surface area contributed by atoms with Crippen molar-refractivity contribution in [1.82, 2.24) is 10.0 Å². The van der Waals surface area contributed by atoms with Crippen LogP contribution < -0.4 is 10.0 Å². The van der Waals surface area contributed by atoms with Gasteiger partial charge in [0.2, 0.25) is 15.9 Å². The molecule has 6 nitrogen and oxygen atoms in total. The van der Waals surface area contributed by atoms with Gasteiger partial charge in [-0.2, -0.15) is 0 Å². The highest BCUT2D eigenvalue weighted by Gasteiger charge is 2.11. The molecule has 1 aromatic carbocycles. The summed E-state index contributed by atoms with van der Waals surface area (Å²) in [5.41, 5.74) is 0.655. The molecule has 0 fully saturated rings. The molecule has 0 radical (unpaired) electrons. The number of rotatable bonds is 8. The summed E-state index contributed by atoms with van der Waals surface area (Å²) in [6.07, 6.45) is 1.53. The van der Waals surface area contributed by atoms with Crippen LogP contribution in [-0.4, -0.2) is 26.6 Å². The Morgan fingerprint density at radius 2 is 1.91 bits per heavy atom. The number of furan rings is 1. The van der Waals surface area contributed by atoms with Crippen LogP contribution in [0.5, 0.6) is 0 Å². The monoisotopic (exact) mass is 340 g/mol. The van der Waals surface area contributed by atoms with Gasteiger partial charge in [-0.15, -0.1) is 0 Å². The van der Waals surface area contributed by atoms with Crippen molar-refractivity contribution in [3.8, 4) is 0 Å². The normalized spacial score (nSPS) is 11.3. The van der Waals surface area contributed by atoms with Crippen molar-refractivity contribution in [3.05, 3.63) is 59.8 Å². The molecule has 0 spiro atoms. The molecular formula is C15H17FN2O4S. The maximum atomic E-state index is 12.8. The summed E-state index contributed by atoms with van der Waals surface area (Å²) in [4.78, 5) is 11.7. The van der Waals surface area contributed by atoms with E-state index in [1.807, 2.05) is 0 Å². The average molecular weight is 340 g/mol. The highest BCUT2D eigenvalue weighted by atomic mass is 32.2. The molecule has 0 atom stereocenters. The van der Waals surface area contributed by atoms with E-state index < -0.39 is 10.0 Å². The van der Waals surface area contributed by atoms with E-state index in [4.69, 9.17) is 4.42 Å². The number of hydrogen-bond acceptors (Lipinski definition) is 4. The summed E-state index contributed by atoms with van der Waals surface area (Å²) < 4.78 is 43.7. The Morgan fingerprint density at radius 3 is 2.57 bits per heavy atom. The molecule has 1 amide bonds. The highest BCUT2D eigenvalue weighted by Crippen LogP contribution is 2.03. The quantitative estimate of drug-likeness (QED) is 0.756. The van der Waals surface area contributed by atoms with Gasteiger partial charge in [0.1, 0.15) is 11.6 Å². The number of benzene rings is 1. The van der Waals surface area contributed by atoms with E-state index in [2.05, 4.69) is 10.0 Å². The lowest BCUT2D eigenvalue weighted by atomic mass is 10.1. The molecule has 0 aliphatic rings. The van der Waals surface area contributed by atoms with E-state index in [0.717, 1.165) is 0 Å². The lowest BCUT2D eigenvalue weighted by molar-refractivity contribution is -0.120. The number of hydrogen-bond donors (Lipinski definition) is 2. The highest BCUT2D eigenvalue weighted by molar-refractivity contribution is 7.89. The van der Waals surface area contributed by atoms with Crippen molar-refractivity contribution >= 4 is 15.9 Å². The van der Waals surface area contributed by atoms with Crippen LogP contribution in [0.4, 0.5) is 4.39 Å². The van der Waals surface area contributed by atoms with Crippen LogP contribution in [0.1, 0.15) is 11.3 Å². The Labute approximate surface area is 133 Å². The molecule has 8 heteroatoms. The van der Waals surface area contributed by atoms with Gasteiger partial charge in [0.05, 0.1) is 25.0 Å². The molecular weight excluding hydrogens is 323 g/mol. The molecule has 1 aromatic heterocycles. The van der Waals surface area contributed by atoms with Crippen molar-refractivity contribution in [2.75, 3.05) is 12.3 Å². The maximum absolute atomic E-state index is 12.8. The third-order valence-corrected chi connectivity index (χ3v) is 4.34. The van der Waals surface area contributed by atoms with Crippen LogP contribution in [0.2, 0.25) is 0 Å². The number of sulfonamides is 1. The van der Waals surface area contributed by atoms with Crippen LogP contribution in [0, 0.1) is 5.82 Å². The Hall–Kier alpha value is -2.19. The minimum Gasteiger partial charge on any atom is -0.468 e. The van der Waals surface area contributed by atoms with Gasteiger partial charge in [-0.25, -0.2) is 17.5 Å². The van der Waals surface area contributed by atoms with Crippen LogP contribution in [0.3, 0.4) is 0 Å². The van der Waals surface area contributed by atoms with E-state index in [0.29, 0.717) is 11.3 Å². The first-order chi connectivity index (χ1) is 10.9. The largest absolute Gasteiger partial charge is 0.468 e. The fourth-order valence-corrected chi connectivity index (χ4v) is 2.72. The summed E-state index contributed by atoms with van der Waals surface area (Å²) in [6, 6.07) is 8.89. The minimum atomic E-state index is -3.51. The number of carbonyl (C=O) groups excluding carboxylic acids is 1. The van der Waals surface area contributed by atoms with Gasteiger partial charge >= 0.3 is 0 Å². The zero-order valence-corrected chi connectivity index (χ0v) is 13.1. The van der Waals surface area contributed by atoms with Crippen LogP contribution in [-0.2, 0) is 27.8 Å². The molecule has 0 unspecified atom stereocenters. The van der Waals surface area contributed by atoms with Crippen molar-refractivity contribution in [2.24, 2.45) is 0 Å². The summed E-state index contributed by atoms with van der Waals surface area (Å²) in [6.45, 7) is 0.0619.